The van der Waals surface area contributed by atoms with Crippen molar-refractivity contribution in [3.63, 3.8) is 0 Å². The van der Waals surface area contributed by atoms with Crippen LogP contribution in [0, 0.1) is 12.7 Å². The first-order valence-electron chi connectivity index (χ1n) is 9.83. The van der Waals surface area contributed by atoms with Gasteiger partial charge < -0.3 is 5.32 Å². The number of benzene rings is 3. The van der Waals surface area contributed by atoms with E-state index in [1.165, 1.54) is 16.4 Å². The summed E-state index contributed by atoms with van der Waals surface area (Å²) in [5.41, 5.74) is 3.65. The molecule has 0 saturated carbocycles. The molecule has 162 valence electrons. The van der Waals surface area contributed by atoms with Crippen molar-refractivity contribution in [2.75, 3.05) is 10.6 Å². The van der Waals surface area contributed by atoms with Gasteiger partial charge in [0.15, 0.2) is 0 Å². The van der Waals surface area contributed by atoms with Gasteiger partial charge in [0.2, 0.25) is 10.0 Å². The van der Waals surface area contributed by atoms with E-state index in [2.05, 4.69) is 5.32 Å². The number of aryl methyl sites for hydroxylation is 1. The highest BCUT2D eigenvalue weighted by molar-refractivity contribution is 7.92. The average Bonchev–Trinajstić information content (AvgIpc) is 2.73. The minimum Gasteiger partial charge on any atom is -0.346 e. The SMILES string of the molecule is Cc1ccc(C(C)NC(=O)c2ccc(N(Cc3ccc(F)cc3)S(C)(=O)=O)cc2)cc1. The predicted molar refractivity (Wildman–Crippen MR) is 121 cm³/mol. The number of carbonyl (C=O) groups excluding carboxylic acids is 1. The summed E-state index contributed by atoms with van der Waals surface area (Å²) in [6.07, 6.45) is 1.11. The number of hydrogen-bond donors (Lipinski definition) is 1. The van der Waals surface area contributed by atoms with E-state index in [1.54, 1.807) is 36.4 Å². The highest BCUT2D eigenvalue weighted by atomic mass is 32.2. The Kier molecular flexibility index (Phi) is 6.75. The summed E-state index contributed by atoms with van der Waals surface area (Å²) in [6.45, 7) is 3.98. The number of rotatable bonds is 7. The Balaban J connectivity index is 1.75. The Labute approximate surface area is 182 Å². The molecule has 0 saturated heterocycles. The molecule has 0 aromatic heterocycles. The molecular formula is C24H25FN2O3S. The first-order valence-corrected chi connectivity index (χ1v) is 11.7. The van der Waals surface area contributed by atoms with Gasteiger partial charge in [0.1, 0.15) is 5.82 Å². The van der Waals surface area contributed by atoms with E-state index in [0.717, 1.165) is 17.4 Å². The van der Waals surface area contributed by atoms with Crippen LogP contribution in [0.25, 0.3) is 0 Å². The number of nitrogens with zero attached hydrogens (tertiary/aromatic N) is 1. The molecule has 0 bridgehead atoms. The molecular weight excluding hydrogens is 415 g/mol. The number of halogens is 1. The Bertz CT molecular complexity index is 1140. The normalized spacial score (nSPS) is 12.3. The van der Waals surface area contributed by atoms with Crippen molar-refractivity contribution in [1.29, 1.82) is 0 Å². The molecule has 1 unspecified atom stereocenters. The first-order chi connectivity index (χ1) is 14.6. The predicted octanol–water partition coefficient (Wildman–Crippen LogP) is 4.59. The van der Waals surface area contributed by atoms with Crippen molar-refractivity contribution >= 4 is 21.6 Å². The van der Waals surface area contributed by atoms with Gasteiger partial charge >= 0.3 is 0 Å². The van der Waals surface area contributed by atoms with Gasteiger partial charge in [0, 0.05) is 5.56 Å². The van der Waals surface area contributed by atoms with Crippen molar-refractivity contribution in [3.8, 4) is 0 Å². The minimum absolute atomic E-state index is 0.0646. The second kappa shape index (κ2) is 9.31. The maximum absolute atomic E-state index is 13.1. The summed E-state index contributed by atoms with van der Waals surface area (Å²) in [6, 6.07) is 19.8. The Hall–Kier alpha value is -3.19. The van der Waals surface area contributed by atoms with Crippen molar-refractivity contribution in [3.05, 3.63) is 101 Å². The average molecular weight is 441 g/mol. The Morgan fingerprint density at radius 2 is 1.55 bits per heavy atom. The van der Waals surface area contributed by atoms with Gasteiger partial charge in [-0.25, -0.2) is 12.8 Å². The van der Waals surface area contributed by atoms with Gasteiger partial charge in [-0.15, -0.1) is 0 Å². The van der Waals surface area contributed by atoms with Crippen LogP contribution in [-0.2, 0) is 16.6 Å². The smallest absolute Gasteiger partial charge is 0.251 e. The zero-order valence-electron chi connectivity index (χ0n) is 17.7. The molecule has 1 amide bonds. The number of nitrogens with one attached hydrogen (secondary N) is 1. The summed E-state index contributed by atoms with van der Waals surface area (Å²) in [5, 5.41) is 2.95. The van der Waals surface area contributed by atoms with Crippen molar-refractivity contribution in [2.24, 2.45) is 0 Å². The van der Waals surface area contributed by atoms with Crippen molar-refractivity contribution in [1.82, 2.24) is 5.32 Å². The summed E-state index contributed by atoms with van der Waals surface area (Å²) >= 11 is 0. The molecule has 7 heteroatoms. The molecule has 0 aliphatic rings. The topological polar surface area (TPSA) is 66.5 Å². The molecule has 0 fully saturated rings. The zero-order valence-corrected chi connectivity index (χ0v) is 18.5. The summed E-state index contributed by atoms with van der Waals surface area (Å²) in [4.78, 5) is 12.6. The number of hydrogen-bond acceptors (Lipinski definition) is 3. The van der Waals surface area contributed by atoms with E-state index < -0.39 is 10.0 Å². The van der Waals surface area contributed by atoms with E-state index in [4.69, 9.17) is 0 Å². The van der Waals surface area contributed by atoms with Gasteiger partial charge in [-0.2, -0.15) is 0 Å². The van der Waals surface area contributed by atoms with Gasteiger partial charge in [0.25, 0.3) is 5.91 Å². The van der Waals surface area contributed by atoms with E-state index in [9.17, 15) is 17.6 Å². The van der Waals surface area contributed by atoms with Crippen LogP contribution < -0.4 is 9.62 Å². The van der Waals surface area contributed by atoms with Gasteiger partial charge in [-0.3, -0.25) is 9.10 Å². The Morgan fingerprint density at radius 3 is 2.10 bits per heavy atom. The van der Waals surface area contributed by atoms with Crippen LogP contribution in [0.15, 0.2) is 72.8 Å². The fourth-order valence-corrected chi connectivity index (χ4v) is 4.04. The Morgan fingerprint density at radius 1 is 0.968 bits per heavy atom. The number of anilines is 1. The fraction of sp³-hybridized carbons (Fsp3) is 0.208. The second-order valence-corrected chi connectivity index (χ2v) is 9.46. The van der Waals surface area contributed by atoms with E-state index in [1.807, 2.05) is 38.1 Å². The molecule has 5 nitrogen and oxygen atoms in total. The fourth-order valence-electron chi connectivity index (χ4n) is 3.15. The van der Waals surface area contributed by atoms with Crippen LogP contribution >= 0.6 is 0 Å². The highest BCUT2D eigenvalue weighted by Gasteiger charge is 2.19. The molecule has 3 aromatic rings. The third-order valence-corrected chi connectivity index (χ3v) is 6.12. The summed E-state index contributed by atoms with van der Waals surface area (Å²) in [5.74, 6) is -0.631. The third-order valence-electron chi connectivity index (χ3n) is 4.98. The maximum Gasteiger partial charge on any atom is 0.251 e. The van der Waals surface area contributed by atoms with Crippen LogP contribution in [0.2, 0.25) is 0 Å². The zero-order chi connectivity index (χ0) is 22.6. The lowest BCUT2D eigenvalue weighted by Gasteiger charge is -2.23. The lowest BCUT2D eigenvalue weighted by molar-refractivity contribution is 0.0940. The molecule has 3 rings (SSSR count). The van der Waals surface area contributed by atoms with Crippen LogP contribution in [0.5, 0.6) is 0 Å². The quantitative estimate of drug-likeness (QED) is 0.584. The van der Waals surface area contributed by atoms with Gasteiger partial charge in [-0.05, 0) is 61.4 Å². The second-order valence-electron chi connectivity index (χ2n) is 7.55. The van der Waals surface area contributed by atoms with Crippen LogP contribution in [0.4, 0.5) is 10.1 Å². The monoisotopic (exact) mass is 440 g/mol. The molecule has 0 heterocycles. The standard InChI is InChI=1S/C24H25FN2O3S/c1-17-4-8-20(9-5-17)18(2)26-24(28)21-10-14-23(15-11-21)27(31(3,29)30)16-19-6-12-22(25)13-7-19/h4-15,18H,16H2,1-3H3,(H,26,28). The largest absolute Gasteiger partial charge is 0.346 e. The molecule has 0 radical (unpaired) electrons. The van der Waals surface area contributed by atoms with E-state index in [0.29, 0.717) is 16.8 Å². The minimum atomic E-state index is -3.58. The van der Waals surface area contributed by atoms with E-state index >= 15 is 0 Å². The number of amides is 1. The third kappa shape index (κ3) is 5.92. The summed E-state index contributed by atoms with van der Waals surface area (Å²) < 4.78 is 39.0. The van der Waals surface area contributed by atoms with Crippen LogP contribution in [0.3, 0.4) is 0 Å². The first kappa shape index (κ1) is 22.5. The van der Waals surface area contributed by atoms with Gasteiger partial charge in [-0.1, -0.05) is 42.0 Å². The van der Waals surface area contributed by atoms with Crippen molar-refractivity contribution in [2.45, 2.75) is 26.4 Å². The number of carbonyl (C=O) groups is 1. The molecule has 0 spiro atoms. The number of sulfonamides is 1. The van der Waals surface area contributed by atoms with E-state index in [-0.39, 0.29) is 24.3 Å². The lowest BCUT2D eigenvalue weighted by Crippen LogP contribution is -2.29. The lowest BCUT2D eigenvalue weighted by atomic mass is 10.1. The molecule has 31 heavy (non-hydrogen) atoms. The molecule has 1 N–H and O–H groups in total. The highest BCUT2D eigenvalue weighted by Crippen LogP contribution is 2.22. The summed E-state index contributed by atoms with van der Waals surface area (Å²) in [7, 11) is -3.58. The molecule has 3 aromatic carbocycles. The van der Waals surface area contributed by atoms with Gasteiger partial charge in [0.05, 0.1) is 24.5 Å². The van der Waals surface area contributed by atoms with Crippen LogP contribution in [0.1, 0.15) is 40.0 Å². The molecule has 0 aliphatic carbocycles. The molecule has 0 aliphatic heterocycles. The van der Waals surface area contributed by atoms with Crippen LogP contribution in [-0.4, -0.2) is 20.6 Å². The van der Waals surface area contributed by atoms with Crippen molar-refractivity contribution < 1.29 is 17.6 Å². The molecule has 1 atom stereocenters. The maximum atomic E-state index is 13.1.